The van der Waals surface area contributed by atoms with E-state index in [-0.39, 0.29) is 0 Å². The van der Waals surface area contributed by atoms with Crippen molar-refractivity contribution in [3.8, 4) is 5.75 Å². The minimum absolute atomic E-state index is 0.441. The first-order chi connectivity index (χ1) is 8.97. The maximum Gasteiger partial charge on any atom is 0.123 e. The van der Waals surface area contributed by atoms with Crippen LogP contribution in [0.1, 0.15) is 16.7 Å². The zero-order valence-electron chi connectivity index (χ0n) is 10.8. The van der Waals surface area contributed by atoms with E-state index in [1.165, 1.54) is 0 Å². The summed E-state index contributed by atoms with van der Waals surface area (Å²) in [5.74, 6) is 0.839. The molecule has 0 atom stereocenters. The van der Waals surface area contributed by atoms with E-state index in [1.54, 1.807) is 0 Å². The summed E-state index contributed by atoms with van der Waals surface area (Å²) >= 11 is 9.54. The minimum atomic E-state index is 0.441. The molecule has 0 unspecified atom stereocenters. The van der Waals surface area contributed by atoms with Crippen molar-refractivity contribution in [2.24, 2.45) is 0 Å². The van der Waals surface area contributed by atoms with Gasteiger partial charge in [0.05, 0.1) is 0 Å². The third-order valence-electron chi connectivity index (χ3n) is 2.96. The Labute approximate surface area is 126 Å². The second-order valence-electron chi connectivity index (χ2n) is 4.50. The van der Waals surface area contributed by atoms with Gasteiger partial charge in [0, 0.05) is 20.7 Å². The van der Waals surface area contributed by atoms with Crippen molar-refractivity contribution >= 4 is 33.2 Å². The first-order valence-corrected chi connectivity index (χ1v) is 7.08. The molecular formula is C15H15BrClNO. The van der Waals surface area contributed by atoms with Crippen LogP contribution < -0.4 is 10.5 Å². The third kappa shape index (κ3) is 3.43. The van der Waals surface area contributed by atoms with E-state index < -0.39 is 0 Å². The van der Waals surface area contributed by atoms with Gasteiger partial charge < -0.3 is 10.5 Å². The SMILES string of the molecule is Cc1cc(OCc2ccc(Br)cc2Cl)c(C)cc1N. The smallest absolute Gasteiger partial charge is 0.123 e. The summed E-state index contributed by atoms with van der Waals surface area (Å²) in [4.78, 5) is 0. The Morgan fingerprint density at radius 1 is 1.16 bits per heavy atom. The van der Waals surface area contributed by atoms with E-state index in [2.05, 4.69) is 15.9 Å². The lowest BCUT2D eigenvalue weighted by Crippen LogP contribution is -2.00. The Morgan fingerprint density at radius 2 is 1.89 bits per heavy atom. The van der Waals surface area contributed by atoms with E-state index in [0.29, 0.717) is 11.6 Å². The summed E-state index contributed by atoms with van der Waals surface area (Å²) in [7, 11) is 0. The number of nitrogen functional groups attached to an aromatic ring is 1. The molecule has 2 aromatic rings. The number of anilines is 1. The predicted molar refractivity (Wildman–Crippen MR) is 83.8 cm³/mol. The van der Waals surface area contributed by atoms with Crippen LogP contribution >= 0.6 is 27.5 Å². The van der Waals surface area contributed by atoms with Gasteiger partial charge in [-0.3, -0.25) is 0 Å². The Balaban J connectivity index is 2.16. The molecule has 4 heteroatoms. The molecule has 19 heavy (non-hydrogen) atoms. The Morgan fingerprint density at radius 3 is 2.58 bits per heavy atom. The highest BCUT2D eigenvalue weighted by molar-refractivity contribution is 9.10. The lowest BCUT2D eigenvalue weighted by atomic mass is 10.1. The highest BCUT2D eigenvalue weighted by Crippen LogP contribution is 2.27. The quantitative estimate of drug-likeness (QED) is 0.808. The molecule has 2 aromatic carbocycles. The highest BCUT2D eigenvalue weighted by atomic mass is 79.9. The van der Waals surface area contributed by atoms with Crippen LogP contribution in [0.25, 0.3) is 0 Å². The van der Waals surface area contributed by atoms with Gasteiger partial charge >= 0.3 is 0 Å². The summed E-state index contributed by atoms with van der Waals surface area (Å²) in [5.41, 5.74) is 9.64. The van der Waals surface area contributed by atoms with Crippen LogP contribution in [0.4, 0.5) is 5.69 Å². The van der Waals surface area contributed by atoms with E-state index in [1.807, 2.05) is 44.2 Å². The molecule has 0 saturated heterocycles. The van der Waals surface area contributed by atoms with Crippen LogP contribution in [0.5, 0.6) is 5.75 Å². The maximum atomic E-state index is 6.16. The molecule has 0 aliphatic heterocycles. The van der Waals surface area contributed by atoms with Gasteiger partial charge in [0.15, 0.2) is 0 Å². The summed E-state index contributed by atoms with van der Waals surface area (Å²) in [6.07, 6.45) is 0. The zero-order chi connectivity index (χ0) is 14.0. The van der Waals surface area contributed by atoms with Crippen molar-refractivity contribution in [2.45, 2.75) is 20.5 Å². The van der Waals surface area contributed by atoms with Crippen LogP contribution in [0.2, 0.25) is 5.02 Å². The first-order valence-electron chi connectivity index (χ1n) is 5.91. The van der Waals surface area contributed by atoms with Crippen molar-refractivity contribution in [1.82, 2.24) is 0 Å². The maximum absolute atomic E-state index is 6.16. The van der Waals surface area contributed by atoms with Crippen molar-refractivity contribution in [3.05, 3.63) is 56.5 Å². The van der Waals surface area contributed by atoms with E-state index in [4.69, 9.17) is 22.1 Å². The molecule has 0 bridgehead atoms. The number of halogens is 2. The number of hydrogen-bond acceptors (Lipinski definition) is 2. The van der Waals surface area contributed by atoms with Crippen LogP contribution in [-0.4, -0.2) is 0 Å². The summed E-state index contributed by atoms with van der Waals surface area (Å²) < 4.78 is 6.78. The Hall–Kier alpha value is -1.19. The van der Waals surface area contributed by atoms with E-state index in [9.17, 15) is 0 Å². The molecule has 2 rings (SSSR count). The summed E-state index contributed by atoms with van der Waals surface area (Å²) in [5, 5.41) is 0.694. The highest BCUT2D eigenvalue weighted by Gasteiger charge is 2.06. The van der Waals surface area contributed by atoms with Gasteiger partial charge in [-0.25, -0.2) is 0 Å². The number of rotatable bonds is 3. The van der Waals surface area contributed by atoms with Crippen molar-refractivity contribution in [1.29, 1.82) is 0 Å². The normalized spacial score (nSPS) is 10.5. The van der Waals surface area contributed by atoms with E-state index in [0.717, 1.165) is 32.6 Å². The number of ether oxygens (including phenoxy) is 1. The monoisotopic (exact) mass is 339 g/mol. The van der Waals surface area contributed by atoms with Gasteiger partial charge in [-0.1, -0.05) is 33.6 Å². The largest absolute Gasteiger partial charge is 0.489 e. The van der Waals surface area contributed by atoms with Crippen LogP contribution in [-0.2, 0) is 6.61 Å². The Kier molecular flexibility index (Phi) is 4.38. The molecule has 0 heterocycles. The molecular weight excluding hydrogens is 326 g/mol. The third-order valence-corrected chi connectivity index (χ3v) is 3.81. The topological polar surface area (TPSA) is 35.2 Å². The van der Waals surface area contributed by atoms with Gasteiger partial charge in [0.2, 0.25) is 0 Å². The number of aryl methyl sites for hydroxylation is 2. The summed E-state index contributed by atoms with van der Waals surface area (Å²) in [6.45, 7) is 4.39. The molecule has 2 nitrogen and oxygen atoms in total. The molecule has 0 amide bonds. The van der Waals surface area contributed by atoms with Gasteiger partial charge in [-0.2, -0.15) is 0 Å². The van der Waals surface area contributed by atoms with Gasteiger partial charge in [0.25, 0.3) is 0 Å². The van der Waals surface area contributed by atoms with Crippen molar-refractivity contribution < 1.29 is 4.74 Å². The molecule has 0 spiro atoms. The average molecular weight is 341 g/mol. The van der Waals surface area contributed by atoms with Crippen molar-refractivity contribution in [3.63, 3.8) is 0 Å². The fourth-order valence-corrected chi connectivity index (χ4v) is 2.49. The lowest BCUT2D eigenvalue weighted by molar-refractivity contribution is 0.304. The van der Waals surface area contributed by atoms with Gasteiger partial charge in [-0.05, 0) is 49.2 Å². The predicted octanol–water partition coefficient (Wildman–Crippen LogP) is 4.88. The average Bonchev–Trinajstić information content (AvgIpc) is 2.34. The molecule has 0 aliphatic carbocycles. The number of benzene rings is 2. The number of hydrogen-bond donors (Lipinski definition) is 1. The zero-order valence-corrected chi connectivity index (χ0v) is 13.2. The second-order valence-corrected chi connectivity index (χ2v) is 5.82. The van der Waals surface area contributed by atoms with Crippen LogP contribution in [0, 0.1) is 13.8 Å². The Bertz CT molecular complexity index is 613. The first kappa shape index (κ1) is 14.2. The molecule has 0 aliphatic rings. The molecule has 2 N–H and O–H groups in total. The second kappa shape index (κ2) is 5.85. The molecule has 0 radical (unpaired) electrons. The molecule has 100 valence electrons. The van der Waals surface area contributed by atoms with Gasteiger partial charge in [0.1, 0.15) is 12.4 Å². The fraction of sp³-hybridized carbons (Fsp3) is 0.200. The van der Waals surface area contributed by atoms with Crippen molar-refractivity contribution in [2.75, 3.05) is 5.73 Å². The van der Waals surface area contributed by atoms with E-state index >= 15 is 0 Å². The fourth-order valence-electron chi connectivity index (χ4n) is 1.76. The van der Waals surface area contributed by atoms with Crippen LogP contribution in [0.15, 0.2) is 34.8 Å². The summed E-state index contributed by atoms with van der Waals surface area (Å²) in [6, 6.07) is 9.64. The lowest BCUT2D eigenvalue weighted by Gasteiger charge is -2.12. The number of nitrogens with two attached hydrogens (primary N) is 1. The molecule has 0 saturated carbocycles. The van der Waals surface area contributed by atoms with Crippen LogP contribution in [0.3, 0.4) is 0 Å². The standard InChI is InChI=1S/C15H15BrClNO/c1-9-6-15(10(2)5-14(9)18)19-8-11-3-4-12(16)7-13(11)17/h3-7H,8,18H2,1-2H3. The minimum Gasteiger partial charge on any atom is -0.489 e. The van der Waals surface area contributed by atoms with Gasteiger partial charge in [-0.15, -0.1) is 0 Å². The molecule has 0 aromatic heterocycles. The molecule has 0 fully saturated rings.